The Morgan fingerprint density at radius 3 is 2.51 bits per heavy atom. The van der Waals surface area contributed by atoms with Gasteiger partial charge in [0.05, 0.1) is 18.9 Å². The van der Waals surface area contributed by atoms with Gasteiger partial charge in [-0.25, -0.2) is 13.6 Å². The third-order valence-corrected chi connectivity index (χ3v) is 14.1. The van der Waals surface area contributed by atoms with E-state index in [4.69, 9.17) is 33.0 Å². The Bertz CT molecular complexity index is 2570. The van der Waals surface area contributed by atoms with Gasteiger partial charge in [0.15, 0.2) is 11.1 Å². The number of aliphatic hydroxyl groups is 2. The molecule has 2 aliphatic carbocycles. The minimum atomic E-state index is -4.53. The fraction of sp³-hybridized carbons (Fsp3) is 0.415. The number of hydrogen-bond donors (Lipinski definition) is 5. The van der Waals surface area contributed by atoms with E-state index >= 15 is 0 Å². The van der Waals surface area contributed by atoms with Gasteiger partial charge in [-0.1, -0.05) is 73.2 Å². The molecular formula is C41H48N6O12P2. The van der Waals surface area contributed by atoms with Gasteiger partial charge in [-0.2, -0.15) is 10.2 Å². The van der Waals surface area contributed by atoms with E-state index in [-0.39, 0.29) is 40.6 Å². The number of esters is 1. The number of nitrogens with zero attached hydrogens (tertiary/aromatic N) is 4. The summed E-state index contributed by atoms with van der Waals surface area (Å²) in [6, 6.07) is 23.2. The Balaban J connectivity index is 0.996. The number of carbonyl (C=O) groups is 1. The van der Waals surface area contributed by atoms with E-state index in [0.29, 0.717) is 10.9 Å². The zero-order valence-corrected chi connectivity index (χ0v) is 35.3. The second-order valence-electron chi connectivity index (χ2n) is 15.8. The molecule has 0 radical (unpaired) electrons. The van der Waals surface area contributed by atoms with E-state index in [2.05, 4.69) is 15.2 Å². The number of rotatable bonds is 17. The van der Waals surface area contributed by atoms with Gasteiger partial charge in [0.1, 0.15) is 54.8 Å². The Labute approximate surface area is 350 Å². The monoisotopic (exact) mass is 878 g/mol. The number of aliphatic imine (C=N–C) groups is 1. The molecular weight excluding hydrogens is 830 g/mol. The smallest absolute Gasteiger partial charge is 0.461 e. The van der Waals surface area contributed by atoms with Gasteiger partial charge in [-0.05, 0) is 67.2 Å². The van der Waals surface area contributed by atoms with Crippen LogP contribution in [0.5, 0.6) is 5.75 Å². The minimum Gasteiger partial charge on any atom is -0.461 e. The number of aromatic nitrogens is 3. The highest BCUT2D eigenvalue weighted by atomic mass is 31.2. The van der Waals surface area contributed by atoms with E-state index in [0.717, 1.165) is 31.1 Å². The topological polar surface area (TPSA) is 238 Å². The third kappa shape index (κ3) is 8.88. The molecule has 5 aromatic rings. The summed E-state index contributed by atoms with van der Waals surface area (Å²) in [5.41, 5.74) is -0.782. The average molecular weight is 879 g/mol. The lowest BCUT2D eigenvalue weighted by molar-refractivity contribution is -0.169. The molecule has 1 saturated heterocycles. The van der Waals surface area contributed by atoms with Crippen LogP contribution in [-0.4, -0.2) is 85.6 Å². The van der Waals surface area contributed by atoms with Crippen LogP contribution in [0.3, 0.4) is 0 Å². The normalized spacial score (nSPS) is 24.9. The van der Waals surface area contributed by atoms with Crippen LogP contribution in [0.25, 0.3) is 16.3 Å². The molecule has 1 spiro atoms. The highest BCUT2D eigenvalue weighted by Crippen LogP contribution is 2.57. The molecule has 2 saturated carbocycles. The predicted octanol–water partition coefficient (Wildman–Crippen LogP) is 5.13. The second-order valence-corrected chi connectivity index (χ2v) is 18.9. The zero-order chi connectivity index (χ0) is 43.0. The van der Waals surface area contributed by atoms with Gasteiger partial charge >= 0.3 is 21.5 Å². The number of nitrogens with one attached hydrogen (secondary N) is 2. The van der Waals surface area contributed by atoms with Gasteiger partial charge in [-0.3, -0.25) is 33.3 Å². The fourth-order valence-corrected chi connectivity index (χ4v) is 10.4. The first-order valence-electron chi connectivity index (χ1n) is 19.9. The van der Waals surface area contributed by atoms with Crippen molar-refractivity contribution in [2.24, 2.45) is 10.4 Å². The van der Waals surface area contributed by atoms with Crippen molar-refractivity contribution in [2.75, 3.05) is 13.7 Å². The number of phosphoric acid groups is 1. The second kappa shape index (κ2) is 17.3. The van der Waals surface area contributed by atoms with Crippen molar-refractivity contribution in [3.05, 3.63) is 108 Å². The van der Waals surface area contributed by atoms with E-state index in [1.807, 2.05) is 18.2 Å². The number of hydrogen-bond acceptors (Lipinski definition) is 14. The number of phosphoric ester groups is 1. The third-order valence-electron chi connectivity index (χ3n) is 11.6. The van der Waals surface area contributed by atoms with E-state index in [9.17, 15) is 29.0 Å². The number of carbonyl (C=O) groups excluding carboxylic acids is 1. The summed E-state index contributed by atoms with van der Waals surface area (Å²) in [6.07, 6.45) is 2.63. The molecule has 0 amide bonds. The first kappa shape index (κ1) is 43.1. The summed E-state index contributed by atoms with van der Waals surface area (Å²) in [5, 5.41) is 40.5. The SMILES string of the molecule is C/N=C\[C@@]1(c2ccc3c(=N)n(COP(=O)(O)OCc4ccccc4)cnn23)O[C@H](COP(=O)(N[C@@H](C)C(=O)OC2CC3(CCC3)C2)Oc2cccc3ccccc23)[C@@H](O)[C@H]1O. The molecule has 0 bridgehead atoms. The largest absolute Gasteiger partial charge is 0.474 e. The van der Waals surface area contributed by atoms with Gasteiger partial charge in [-0.15, -0.1) is 0 Å². The summed E-state index contributed by atoms with van der Waals surface area (Å²) in [5.74, 6) is -0.409. The molecule has 18 nitrogen and oxygen atoms in total. The molecule has 61 heavy (non-hydrogen) atoms. The van der Waals surface area contributed by atoms with Gasteiger partial charge in [0.2, 0.25) is 0 Å². The van der Waals surface area contributed by atoms with Crippen molar-refractivity contribution in [3.8, 4) is 5.75 Å². The van der Waals surface area contributed by atoms with Crippen LogP contribution >= 0.6 is 15.6 Å². The van der Waals surface area contributed by atoms with E-state index < -0.39 is 64.8 Å². The van der Waals surface area contributed by atoms with Crippen LogP contribution < -0.4 is 15.1 Å². The molecule has 5 N–H and O–H groups in total. The lowest BCUT2D eigenvalue weighted by Gasteiger charge is -2.53. The maximum Gasteiger partial charge on any atom is 0.474 e. The van der Waals surface area contributed by atoms with Crippen LogP contribution in [0, 0.1) is 10.8 Å². The maximum absolute atomic E-state index is 14.7. The molecule has 1 aliphatic heterocycles. The molecule has 3 fully saturated rings. The van der Waals surface area contributed by atoms with E-state index in [1.165, 1.54) is 54.1 Å². The van der Waals surface area contributed by atoms with Crippen molar-refractivity contribution in [1.29, 1.82) is 5.41 Å². The lowest BCUT2D eigenvalue weighted by atomic mass is 9.55. The van der Waals surface area contributed by atoms with Crippen LogP contribution in [0.4, 0.5) is 0 Å². The first-order chi connectivity index (χ1) is 29.2. The molecule has 20 heteroatoms. The van der Waals surface area contributed by atoms with E-state index in [1.54, 1.807) is 54.6 Å². The highest BCUT2D eigenvalue weighted by Gasteiger charge is 2.57. The summed E-state index contributed by atoms with van der Waals surface area (Å²) < 4.78 is 64.2. The quantitative estimate of drug-likeness (QED) is 0.0463. The first-order valence-corrected chi connectivity index (χ1v) is 22.9. The van der Waals surface area contributed by atoms with Gasteiger partial charge in [0, 0.05) is 18.6 Å². The predicted molar refractivity (Wildman–Crippen MR) is 220 cm³/mol. The zero-order valence-electron chi connectivity index (χ0n) is 33.5. The van der Waals surface area contributed by atoms with Crippen molar-refractivity contribution in [2.45, 2.75) is 88.4 Å². The van der Waals surface area contributed by atoms with Crippen LogP contribution in [0.2, 0.25) is 0 Å². The Morgan fingerprint density at radius 1 is 1.03 bits per heavy atom. The maximum atomic E-state index is 14.7. The molecule has 324 valence electrons. The molecule has 7 atom stereocenters. The number of fused-ring (bicyclic) bond motifs is 2. The van der Waals surface area contributed by atoms with Crippen LogP contribution in [-0.2, 0) is 55.9 Å². The van der Waals surface area contributed by atoms with Gasteiger partial charge in [0.25, 0.3) is 0 Å². The fourth-order valence-electron chi connectivity index (χ4n) is 8.20. The Morgan fingerprint density at radius 2 is 1.77 bits per heavy atom. The lowest BCUT2D eigenvalue weighted by Crippen LogP contribution is -2.49. The van der Waals surface area contributed by atoms with Crippen LogP contribution in [0.15, 0.2) is 96.2 Å². The minimum absolute atomic E-state index is 0.159. The standard InChI is InChI=1S/C41H48N6O12P2/c1-27(39(50)57-30-20-40(21-30)18-9-19-40)45-60(51,59-33-15-8-13-29-12-6-7-14-31(29)33)54-23-34-36(48)37(49)41(58-34,24-43-2)35-17-16-32-38(42)46(25-44-47(32)35)26-56-61(52,53)55-22-28-10-4-3-5-11-28/h3-8,10-17,24-25,27,30,34,36-37,42,48-49H,9,18-23,26H2,1-2H3,(H,45,51)(H,52,53)/b42-38?,43-24-/t27-,34+,36+,37+,41-,60?/m0/s1. The van der Waals surface area contributed by atoms with Gasteiger partial charge < -0.3 is 29.1 Å². The molecule has 3 aliphatic rings. The molecule has 2 unspecified atom stereocenters. The number of ether oxygens (including phenoxy) is 2. The van der Waals surface area contributed by atoms with Crippen LogP contribution in [0.1, 0.15) is 50.3 Å². The molecule has 2 aromatic heterocycles. The molecule has 3 heterocycles. The van der Waals surface area contributed by atoms with Crippen molar-refractivity contribution < 1.29 is 56.6 Å². The Kier molecular flexibility index (Phi) is 12.2. The highest BCUT2D eigenvalue weighted by molar-refractivity contribution is 7.52. The molecule has 8 rings (SSSR count). The molecule has 3 aromatic carbocycles. The average Bonchev–Trinajstić information content (AvgIpc) is 3.76. The van der Waals surface area contributed by atoms with Crippen molar-refractivity contribution >= 4 is 44.0 Å². The summed E-state index contributed by atoms with van der Waals surface area (Å²) in [4.78, 5) is 27.7. The summed E-state index contributed by atoms with van der Waals surface area (Å²) in [6.45, 7) is 0.175. The number of benzene rings is 3. The summed E-state index contributed by atoms with van der Waals surface area (Å²) in [7, 11) is -7.57. The Hall–Kier alpha value is -4.58. The van der Waals surface area contributed by atoms with Crippen molar-refractivity contribution in [1.82, 2.24) is 19.3 Å². The van der Waals surface area contributed by atoms with Crippen molar-refractivity contribution in [3.63, 3.8) is 0 Å². The summed E-state index contributed by atoms with van der Waals surface area (Å²) >= 11 is 0. The number of aliphatic hydroxyl groups excluding tert-OH is 2.